The summed E-state index contributed by atoms with van der Waals surface area (Å²) in [5.74, 6) is 0.00605. The number of rotatable bonds is 6. The Morgan fingerprint density at radius 2 is 1.96 bits per heavy atom. The minimum atomic E-state index is 0.00605. The number of aromatic nitrogens is 3. The van der Waals surface area contributed by atoms with Crippen LogP contribution in [0, 0.1) is 0 Å². The first kappa shape index (κ1) is 18.4. The standard InChI is InChI=1S/C22H25N5O/c1-16(17-7-10-21(11-8-17)27-15-23-14-24-27)26(2)13-22(28)25-20-9-6-18-4-3-5-19(18)12-20/h6-12,14-16H,3-5,13H2,1-2H3,(H,25,28). The predicted octanol–water partition coefficient (Wildman–Crippen LogP) is 3.39. The molecule has 1 atom stereocenters. The summed E-state index contributed by atoms with van der Waals surface area (Å²) < 4.78 is 1.72. The van der Waals surface area contributed by atoms with Gasteiger partial charge in [0.15, 0.2) is 0 Å². The molecule has 4 rings (SSSR count). The molecule has 28 heavy (non-hydrogen) atoms. The number of hydrogen-bond donors (Lipinski definition) is 1. The van der Waals surface area contributed by atoms with E-state index in [0.29, 0.717) is 6.54 Å². The number of carbonyl (C=O) groups excluding carboxylic acids is 1. The molecule has 2 aromatic carbocycles. The Balaban J connectivity index is 1.36. The van der Waals surface area contributed by atoms with Crippen molar-refractivity contribution in [1.29, 1.82) is 0 Å². The van der Waals surface area contributed by atoms with E-state index in [9.17, 15) is 4.79 Å². The van der Waals surface area contributed by atoms with Gasteiger partial charge in [-0.3, -0.25) is 9.69 Å². The number of nitrogens with one attached hydrogen (secondary N) is 1. The molecule has 0 spiro atoms. The van der Waals surface area contributed by atoms with Crippen LogP contribution in [0.25, 0.3) is 5.69 Å². The summed E-state index contributed by atoms with van der Waals surface area (Å²) in [5, 5.41) is 7.18. The van der Waals surface area contributed by atoms with E-state index >= 15 is 0 Å². The Kier molecular flexibility index (Phi) is 5.21. The molecule has 1 heterocycles. The molecule has 0 radical (unpaired) electrons. The number of fused-ring (bicyclic) bond motifs is 1. The lowest BCUT2D eigenvalue weighted by atomic mass is 10.1. The molecule has 1 aliphatic rings. The molecular weight excluding hydrogens is 350 g/mol. The monoisotopic (exact) mass is 375 g/mol. The third kappa shape index (κ3) is 3.97. The van der Waals surface area contributed by atoms with Crippen LogP contribution < -0.4 is 5.32 Å². The van der Waals surface area contributed by atoms with Crippen molar-refractivity contribution >= 4 is 11.6 Å². The van der Waals surface area contributed by atoms with E-state index in [4.69, 9.17) is 0 Å². The Hall–Kier alpha value is -2.99. The molecule has 6 nitrogen and oxygen atoms in total. The zero-order valence-electron chi connectivity index (χ0n) is 16.3. The van der Waals surface area contributed by atoms with Crippen LogP contribution in [-0.2, 0) is 17.6 Å². The molecule has 1 amide bonds. The molecule has 6 heteroatoms. The number of anilines is 1. The highest BCUT2D eigenvalue weighted by Crippen LogP contribution is 2.25. The molecular formula is C22H25N5O. The van der Waals surface area contributed by atoms with Crippen molar-refractivity contribution in [2.75, 3.05) is 18.9 Å². The van der Waals surface area contributed by atoms with Gasteiger partial charge >= 0.3 is 0 Å². The maximum atomic E-state index is 12.5. The average Bonchev–Trinajstić information content (AvgIpc) is 3.39. The lowest BCUT2D eigenvalue weighted by Gasteiger charge is -2.24. The van der Waals surface area contributed by atoms with Gasteiger partial charge in [0.25, 0.3) is 0 Å². The van der Waals surface area contributed by atoms with Gasteiger partial charge in [-0.1, -0.05) is 18.2 Å². The second-order valence-corrected chi connectivity index (χ2v) is 7.41. The quantitative estimate of drug-likeness (QED) is 0.717. The second-order valence-electron chi connectivity index (χ2n) is 7.41. The molecule has 0 saturated carbocycles. The number of hydrogen-bond acceptors (Lipinski definition) is 4. The van der Waals surface area contributed by atoms with Gasteiger partial charge in [-0.05, 0) is 74.2 Å². The number of amides is 1. The summed E-state index contributed by atoms with van der Waals surface area (Å²) >= 11 is 0. The van der Waals surface area contributed by atoms with Crippen LogP contribution in [-0.4, -0.2) is 39.2 Å². The minimum absolute atomic E-state index is 0.00605. The Morgan fingerprint density at radius 1 is 1.18 bits per heavy atom. The van der Waals surface area contributed by atoms with Crippen molar-refractivity contribution in [2.45, 2.75) is 32.2 Å². The zero-order valence-corrected chi connectivity index (χ0v) is 16.3. The van der Waals surface area contributed by atoms with Gasteiger partial charge in [0.2, 0.25) is 5.91 Å². The zero-order chi connectivity index (χ0) is 19.5. The second kappa shape index (κ2) is 7.94. The van der Waals surface area contributed by atoms with E-state index in [1.807, 2.05) is 30.1 Å². The van der Waals surface area contributed by atoms with Crippen LogP contribution in [0.15, 0.2) is 55.1 Å². The van der Waals surface area contributed by atoms with Crippen LogP contribution in [0.4, 0.5) is 5.69 Å². The highest BCUT2D eigenvalue weighted by molar-refractivity contribution is 5.92. The van der Waals surface area contributed by atoms with Crippen molar-refractivity contribution in [3.63, 3.8) is 0 Å². The first-order valence-electron chi connectivity index (χ1n) is 9.67. The van der Waals surface area contributed by atoms with E-state index in [1.54, 1.807) is 11.0 Å². The molecule has 1 unspecified atom stereocenters. The normalized spacial score (nSPS) is 14.1. The average molecular weight is 375 g/mol. The molecule has 1 N–H and O–H groups in total. The molecule has 0 bridgehead atoms. The van der Waals surface area contributed by atoms with Gasteiger partial charge < -0.3 is 5.32 Å². The van der Waals surface area contributed by atoms with Crippen molar-refractivity contribution in [3.8, 4) is 5.69 Å². The first-order valence-corrected chi connectivity index (χ1v) is 9.67. The molecule has 144 valence electrons. The van der Waals surface area contributed by atoms with Gasteiger partial charge in [-0.2, -0.15) is 5.10 Å². The first-order chi connectivity index (χ1) is 13.6. The van der Waals surface area contributed by atoms with Crippen molar-refractivity contribution < 1.29 is 4.79 Å². The third-order valence-corrected chi connectivity index (χ3v) is 5.50. The molecule has 0 aliphatic heterocycles. The summed E-state index contributed by atoms with van der Waals surface area (Å²) in [6.07, 6.45) is 6.67. The summed E-state index contributed by atoms with van der Waals surface area (Å²) in [7, 11) is 1.97. The van der Waals surface area contributed by atoms with E-state index in [1.165, 1.54) is 23.9 Å². The third-order valence-electron chi connectivity index (χ3n) is 5.50. The van der Waals surface area contributed by atoms with E-state index in [0.717, 1.165) is 29.8 Å². The van der Waals surface area contributed by atoms with Gasteiger partial charge in [-0.25, -0.2) is 9.67 Å². The topological polar surface area (TPSA) is 63.1 Å². The summed E-state index contributed by atoms with van der Waals surface area (Å²) in [6.45, 7) is 2.44. The smallest absolute Gasteiger partial charge is 0.238 e. The number of aryl methyl sites for hydroxylation is 2. The van der Waals surface area contributed by atoms with Gasteiger partial charge in [-0.15, -0.1) is 0 Å². The molecule has 0 fully saturated rings. The number of carbonyl (C=O) groups is 1. The highest BCUT2D eigenvalue weighted by Gasteiger charge is 2.16. The Labute approximate surface area is 165 Å². The van der Waals surface area contributed by atoms with E-state index < -0.39 is 0 Å². The Bertz CT molecular complexity index is 950. The number of likely N-dealkylation sites (N-methyl/N-ethyl adjacent to an activating group) is 1. The Morgan fingerprint density at radius 3 is 2.71 bits per heavy atom. The lowest BCUT2D eigenvalue weighted by Crippen LogP contribution is -2.32. The fraction of sp³-hybridized carbons (Fsp3) is 0.318. The number of nitrogens with zero attached hydrogens (tertiary/aromatic N) is 4. The summed E-state index contributed by atoms with van der Waals surface area (Å²) in [6, 6.07) is 14.5. The SMILES string of the molecule is CC(c1ccc(-n2cncn2)cc1)N(C)CC(=O)Nc1ccc2c(c1)CCC2. The van der Waals surface area contributed by atoms with E-state index in [-0.39, 0.29) is 11.9 Å². The fourth-order valence-corrected chi connectivity index (χ4v) is 3.72. The van der Waals surface area contributed by atoms with Gasteiger partial charge in [0.1, 0.15) is 12.7 Å². The van der Waals surface area contributed by atoms with Gasteiger partial charge in [0.05, 0.1) is 12.2 Å². The summed E-state index contributed by atoms with van der Waals surface area (Å²) in [5.41, 5.74) is 5.79. The summed E-state index contributed by atoms with van der Waals surface area (Å²) in [4.78, 5) is 18.5. The number of benzene rings is 2. The maximum absolute atomic E-state index is 12.5. The van der Waals surface area contributed by atoms with E-state index in [2.05, 4.69) is 46.6 Å². The van der Waals surface area contributed by atoms with Crippen LogP contribution in [0.1, 0.15) is 36.1 Å². The fourth-order valence-electron chi connectivity index (χ4n) is 3.72. The van der Waals surface area contributed by atoms with Crippen LogP contribution in [0.2, 0.25) is 0 Å². The molecule has 1 aliphatic carbocycles. The van der Waals surface area contributed by atoms with Crippen LogP contribution >= 0.6 is 0 Å². The lowest BCUT2D eigenvalue weighted by molar-refractivity contribution is -0.117. The highest BCUT2D eigenvalue weighted by atomic mass is 16.2. The molecule has 0 saturated heterocycles. The van der Waals surface area contributed by atoms with Gasteiger partial charge in [0, 0.05) is 11.7 Å². The maximum Gasteiger partial charge on any atom is 0.238 e. The molecule has 1 aromatic heterocycles. The van der Waals surface area contributed by atoms with Crippen molar-refractivity contribution in [2.24, 2.45) is 0 Å². The predicted molar refractivity (Wildman–Crippen MR) is 110 cm³/mol. The largest absolute Gasteiger partial charge is 0.325 e. The van der Waals surface area contributed by atoms with Crippen molar-refractivity contribution in [1.82, 2.24) is 19.7 Å². The van der Waals surface area contributed by atoms with Crippen molar-refractivity contribution in [3.05, 3.63) is 71.8 Å². The molecule has 3 aromatic rings. The van der Waals surface area contributed by atoms with Crippen LogP contribution in [0.5, 0.6) is 0 Å². The van der Waals surface area contributed by atoms with Crippen LogP contribution in [0.3, 0.4) is 0 Å². The minimum Gasteiger partial charge on any atom is -0.325 e.